The van der Waals surface area contributed by atoms with Crippen LogP contribution in [0.1, 0.15) is 43.8 Å². The molecule has 136 valence electrons. The third-order valence-corrected chi connectivity index (χ3v) is 5.03. The van der Waals surface area contributed by atoms with Gasteiger partial charge in [-0.25, -0.2) is 4.39 Å². The number of rotatable bonds is 5. The van der Waals surface area contributed by atoms with E-state index in [-0.39, 0.29) is 23.4 Å². The molecule has 2 aliphatic rings. The van der Waals surface area contributed by atoms with E-state index >= 15 is 0 Å². The van der Waals surface area contributed by atoms with Gasteiger partial charge in [0.25, 0.3) is 0 Å². The van der Waals surface area contributed by atoms with Crippen molar-refractivity contribution in [2.24, 2.45) is 11.8 Å². The first-order valence-electron chi connectivity index (χ1n) is 8.65. The normalized spacial score (nSPS) is 22.3. The fourth-order valence-electron chi connectivity index (χ4n) is 3.40. The molecule has 8 nitrogen and oxygen atoms in total. The molecule has 2 aliphatic carbocycles. The lowest BCUT2D eigenvalue weighted by atomic mass is 10.0. The maximum Gasteiger partial charge on any atom is 0.306 e. The lowest BCUT2D eigenvalue weighted by Gasteiger charge is -2.12. The highest BCUT2D eigenvalue weighted by Crippen LogP contribution is 2.39. The highest BCUT2D eigenvalue weighted by molar-refractivity contribution is 5.93. The zero-order chi connectivity index (χ0) is 18.3. The molecule has 1 heterocycles. The van der Waals surface area contributed by atoms with Crippen LogP contribution in [-0.2, 0) is 9.59 Å². The zero-order valence-corrected chi connectivity index (χ0v) is 13.9. The lowest BCUT2D eigenvalue weighted by Crippen LogP contribution is -2.22. The van der Waals surface area contributed by atoms with E-state index in [0.717, 1.165) is 12.8 Å². The second kappa shape index (κ2) is 6.47. The minimum atomic E-state index is -0.865. The van der Waals surface area contributed by atoms with Crippen LogP contribution in [0.2, 0.25) is 0 Å². The molecule has 0 unspecified atom stereocenters. The van der Waals surface area contributed by atoms with Crippen LogP contribution >= 0.6 is 0 Å². The number of hydrogen-bond acceptors (Lipinski definition) is 5. The summed E-state index contributed by atoms with van der Waals surface area (Å²) in [6.45, 7) is 0. The summed E-state index contributed by atoms with van der Waals surface area (Å²) in [6.07, 6.45) is 3.32. The number of anilines is 1. The maximum atomic E-state index is 14.3. The Hall–Kier alpha value is -2.84. The van der Waals surface area contributed by atoms with Crippen LogP contribution in [0.5, 0.6) is 0 Å². The molecule has 0 spiro atoms. The van der Waals surface area contributed by atoms with Crippen LogP contribution in [-0.4, -0.2) is 37.2 Å². The predicted octanol–water partition coefficient (Wildman–Crippen LogP) is 2.12. The van der Waals surface area contributed by atoms with Crippen molar-refractivity contribution in [2.75, 3.05) is 5.32 Å². The number of halogens is 1. The molecule has 1 aromatic heterocycles. The second-order valence-corrected chi connectivity index (χ2v) is 6.92. The maximum absolute atomic E-state index is 14.3. The minimum Gasteiger partial charge on any atom is -0.481 e. The summed E-state index contributed by atoms with van der Waals surface area (Å²) in [7, 11) is 0. The highest BCUT2D eigenvalue weighted by Gasteiger charge is 2.34. The van der Waals surface area contributed by atoms with Crippen LogP contribution in [0, 0.1) is 17.7 Å². The van der Waals surface area contributed by atoms with Gasteiger partial charge in [-0.1, -0.05) is 0 Å². The Labute approximate surface area is 148 Å². The first-order valence-corrected chi connectivity index (χ1v) is 8.65. The van der Waals surface area contributed by atoms with E-state index < -0.39 is 17.7 Å². The monoisotopic (exact) mass is 359 g/mol. The van der Waals surface area contributed by atoms with Gasteiger partial charge in [0.05, 0.1) is 5.92 Å². The average molecular weight is 359 g/mol. The summed E-state index contributed by atoms with van der Waals surface area (Å²) in [5, 5.41) is 23.3. The SMILES string of the molecule is O=C(O)[C@@H]1CC[C@H](C(=O)Nc2ccc(F)c(-n3nnnc3C3CC3)c2)C1. The van der Waals surface area contributed by atoms with Crippen molar-refractivity contribution in [1.29, 1.82) is 0 Å². The number of aliphatic carboxylic acids is 1. The number of carbonyl (C=O) groups is 2. The number of amides is 1. The van der Waals surface area contributed by atoms with Crippen LogP contribution < -0.4 is 5.32 Å². The molecule has 0 saturated heterocycles. The number of hydrogen-bond donors (Lipinski definition) is 2. The largest absolute Gasteiger partial charge is 0.481 e. The van der Waals surface area contributed by atoms with Crippen molar-refractivity contribution in [3.05, 3.63) is 29.8 Å². The average Bonchev–Trinajstić information content (AvgIpc) is 3.14. The molecule has 2 saturated carbocycles. The summed E-state index contributed by atoms with van der Waals surface area (Å²) >= 11 is 0. The number of carboxylic acid groups (broad SMARTS) is 1. The first-order chi connectivity index (χ1) is 12.5. The Bertz CT molecular complexity index is 864. The molecule has 2 atom stereocenters. The van der Waals surface area contributed by atoms with E-state index in [1.165, 1.54) is 22.9 Å². The molecule has 0 radical (unpaired) electrons. The van der Waals surface area contributed by atoms with Gasteiger partial charge in [0, 0.05) is 17.5 Å². The van der Waals surface area contributed by atoms with Crippen molar-refractivity contribution >= 4 is 17.6 Å². The van der Waals surface area contributed by atoms with Crippen molar-refractivity contribution < 1.29 is 19.1 Å². The van der Waals surface area contributed by atoms with Gasteiger partial charge in [0.2, 0.25) is 5.91 Å². The van der Waals surface area contributed by atoms with Gasteiger partial charge < -0.3 is 10.4 Å². The Morgan fingerprint density at radius 2 is 1.96 bits per heavy atom. The topological polar surface area (TPSA) is 110 Å². The summed E-state index contributed by atoms with van der Waals surface area (Å²) in [6, 6.07) is 4.23. The van der Waals surface area contributed by atoms with E-state index in [1.54, 1.807) is 0 Å². The number of aromatic nitrogens is 4. The molecular weight excluding hydrogens is 341 g/mol. The number of nitrogens with one attached hydrogen (secondary N) is 1. The molecule has 1 amide bonds. The number of carbonyl (C=O) groups excluding carboxylic acids is 1. The quantitative estimate of drug-likeness (QED) is 0.846. The van der Waals surface area contributed by atoms with Crippen LogP contribution in [0.15, 0.2) is 18.2 Å². The highest BCUT2D eigenvalue weighted by atomic mass is 19.1. The fourth-order valence-corrected chi connectivity index (χ4v) is 3.40. The molecular formula is C17H18FN5O3. The molecule has 0 aliphatic heterocycles. The van der Waals surface area contributed by atoms with Gasteiger partial charge in [-0.3, -0.25) is 9.59 Å². The Morgan fingerprint density at radius 1 is 1.19 bits per heavy atom. The minimum absolute atomic E-state index is 0.185. The van der Waals surface area contributed by atoms with Gasteiger partial charge >= 0.3 is 5.97 Å². The van der Waals surface area contributed by atoms with Crippen molar-refractivity contribution in [1.82, 2.24) is 20.2 Å². The summed E-state index contributed by atoms with van der Waals surface area (Å²) in [4.78, 5) is 23.4. The Kier molecular flexibility index (Phi) is 4.14. The van der Waals surface area contributed by atoms with Crippen LogP contribution in [0.25, 0.3) is 5.69 Å². The molecule has 0 bridgehead atoms. The second-order valence-electron chi connectivity index (χ2n) is 6.92. The number of tetrazole rings is 1. The fraction of sp³-hybridized carbons (Fsp3) is 0.471. The van der Waals surface area contributed by atoms with Crippen LogP contribution in [0.3, 0.4) is 0 Å². The Balaban J connectivity index is 1.52. The van der Waals surface area contributed by atoms with Gasteiger partial charge in [-0.15, -0.1) is 5.10 Å². The number of nitrogens with zero attached hydrogens (tertiary/aromatic N) is 4. The van der Waals surface area contributed by atoms with Crippen molar-refractivity contribution in [2.45, 2.75) is 38.0 Å². The number of benzene rings is 1. The first kappa shape index (κ1) is 16.6. The summed E-state index contributed by atoms with van der Waals surface area (Å²) < 4.78 is 15.7. The van der Waals surface area contributed by atoms with Gasteiger partial charge in [-0.05, 0) is 60.7 Å². The molecule has 4 rings (SSSR count). The molecule has 1 aromatic carbocycles. The van der Waals surface area contributed by atoms with Gasteiger partial charge in [0.15, 0.2) is 5.82 Å². The van der Waals surface area contributed by atoms with E-state index in [2.05, 4.69) is 20.8 Å². The van der Waals surface area contributed by atoms with Gasteiger partial charge in [-0.2, -0.15) is 4.68 Å². The third-order valence-electron chi connectivity index (χ3n) is 5.03. The molecule has 26 heavy (non-hydrogen) atoms. The third kappa shape index (κ3) is 3.16. The van der Waals surface area contributed by atoms with E-state index in [0.29, 0.717) is 30.8 Å². The van der Waals surface area contributed by atoms with E-state index in [4.69, 9.17) is 5.11 Å². The smallest absolute Gasteiger partial charge is 0.306 e. The van der Waals surface area contributed by atoms with Crippen molar-refractivity contribution in [3.8, 4) is 5.69 Å². The summed E-state index contributed by atoms with van der Waals surface area (Å²) in [5.41, 5.74) is 0.618. The van der Waals surface area contributed by atoms with Gasteiger partial charge in [0.1, 0.15) is 11.5 Å². The summed E-state index contributed by atoms with van der Waals surface area (Å²) in [5.74, 6) is -1.55. The lowest BCUT2D eigenvalue weighted by molar-refractivity contribution is -0.141. The molecule has 2 aromatic rings. The van der Waals surface area contributed by atoms with Crippen LogP contribution in [0.4, 0.5) is 10.1 Å². The Morgan fingerprint density at radius 3 is 2.65 bits per heavy atom. The predicted molar refractivity (Wildman–Crippen MR) is 88.2 cm³/mol. The molecule has 2 fully saturated rings. The van der Waals surface area contributed by atoms with E-state index in [9.17, 15) is 14.0 Å². The number of carboxylic acids is 1. The zero-order valence-electron chi connectivity index (χ0n) is 13.9. The molecule has 9 heteroatoms. The van der Waals surface area contributed by atoms with E-state index in [1.807, 2.05) is 0 Å². The standard InChI is InChI=1S/C17H18FN5O3/c18-13-6-5-12(19-16(24)10-3-4-11(7-10)17(25)26)8-14(13)23-15(9-1-2-9)20-21-22-23/h5-6,8-11H,1-4,7H2,(H,19,24)(H,25,26)/t10-,11+/m0/s1. The molecule has 2 N–H and O–H groups in total. The van der Waals surface area contributed by atoms with Crippen molar-refractivity contribution in [3.63, 3.8) is 0 Å².